The van der Waals surface area contributed by atoms with Crippen LogP contribution in [0.2, 0.25) is 0 Å². The largest absolute Gasteiger partial charge is 0.455 e. The monoisotopic (exact) mass is 414 g/mol. The predicted octanol–water partition coefficient (Wildman–Crippen LogP) is 3.05. The van der Waals surface area contributed by atoms with Crippen molar-refractivity contribution in [1.82, 2.24) is 10.2 Å². The second kappa shape index (κ2) is 9.63. The summed E-state index contributed by atoms with van der Waals surface area (Å²) >= 11 is 0. The van der Waals surface area contributed by atoms with Crippen LogP contribution < -0.4 is 5.32 Å². The normalized spacial score (nSPS) is 26.0. The number of benzene rings is 1. The van der Waals surface area contributed by atoms with Crippen molar-refractivity contribution in [2.24, 2.45) is 11.8 Å². The number of carbonyl (C=O) groups excluding carboxylic acids is 3. The lowest BCUT2D eigenvalue weighted by Gasteiger charge is -2.40. The fraction of sp³-hybridized carbons (Fsp3) is 0.625. The highest BCUT2D eigenvalue weighted by molar-refractivity contribution is 5.87. The number of rotatable bonds is 5. The second-order valence-electron chi connectivity index (χ2n) is 8.97. The van der Waals surface area contributed by atoms with E-state index in [1.54, 1.807) is 11.8 Å². The van der Waals surface area contributed by atoms with Crippen molar-refractivity contribution in [1.29, 1.82) is 0 Å². The molecule has 0 radical (unpaired) electrons. The average molecular weight is 415 g/mol. The zero-order valence-electron chi connectivity index (χ0n) is 18.4. The quantitative estimate of drug-likeness (QED) is 0.752. The molecule has 2 aliphatic rings. The summed E-state index contributed by atoms with van der Waals surface area (Å²) < 4.78 is 5.55. The Hall–Kier alpha value is -2.37. The maximum Gasteiger partial charge on any atom is 0.317 e. The fourth-order valence-electron chi connectivity index (χ4n) is 4.87. The van der Waals surface area contributed by atoms with Crippen molar-refractivity contribution in [3.05, 3.63) is 35.9 Å². The van der Waals surface area contributed by atoms with Gasteiger partial charge in [0.25, 0.3) is 5.91 Å². The van der Waals surface area contributed by atoms with Crippen molar-refractivity contribution >= 4 is 17.8 Å². The van der Waals surface area contributed by atoms with Gasteiger partial charge in [-0.1, -0.05) is 57.0 Å². The van der Waals surface area contributed by atoms with E-state index in [1.807, 2.05) is 30.3 Å². The van der Waals surface area contributed by atoms with Crippen LogP contribution in [0.4, 0.5) is 0 Å². The van der Waals surface area contributed by atoms with Crippen molar-refractivity contribution in [3.63, 3.8) is 0 Å². The van der Waals surface area contributed by atoms with Crippen LogP contribution in [0.25, 0.3) is 0 Å². The van der Waals surface area contributed by atoms with Crippen LogP contribution in [0.5, 0.6) is 0 Å². The molecule has 0 bridgehead atoms. The number of esters is 1. The van der Waals surface area contributed by atoms with E-state index in [0.29, 0.717) is 37.8 Å². The van der Waals surface area contributed by atoms with Gasteiger partial charge in [0, 0.05) is 26.1 Å². The summed E-state index contributed by atoms with van der Waals surface area (Å²) in [5.41, 5.74) is 0.0634. The predicted molar refractivity (Wildman–Crippen MR) is 115 cm³/mol. The lowest BCUT2D eigenvalue weighted by molar-refractivity contribution is -0.157. The van der Waals surface area contributed by atoms with Gasteiger partial charge in [-0.2, -0.15) is 0 Å². The first-order valence-corrected chi connectivity index (χ1v) is 11.1. The number of hydrogen-bond donors (Lipinski definition) is 1. The number of nitrogens with zero attached hydrogens (tertiary/aromatic N) is 1. The van der Waals surface area contributed by atoms with Crippen molar-refractivity contribution in [2.45, 2.75) is 64.3 Å². The third-order valence-electron chi connectivity index (χ3n) is 7.17. The Morgan fingerprint density at radius 1 is 1.10 bits per heavy atom. The number of piperidine rings is 1. The number of hydrogen-bond acceptors (Lipinski definition) is 4. The highest BCUT2D eigenvalue weighted by Crippen LogP contribution is 2.37. The maximum atomic E-state index is 13.2. The molecule has 1 heterocycles. The molecule has 1 aliphatic heterocycles. The Kier molecular flexibility index (Phi) is 7.16. The molecular formula is C24H34N2O4. The molecule has 3 rings (SSSR count). The third kappa shape index (κ3) is 4.85. The van der Waals surface area contributed by atoms with Gasteiger partial charge in [0.15, 0.2) is 6.61 Å². The van der Waals surface area contributed by atoms with Crippen LogP contribution in [0.15, 0.2) is 30.3 Å². The first kappa shape index (κ1) is 22.3. The molecule has 0 spiro atoms. The number of amides is 2. The highest BCUT2D eigenvalue weighted by atomic mass is 16.5. The Labute approximate surface area is 179 Å². The van der Waals surface area contributed by atoms with Crippen LogP contribution >= 0.6 is 0 Å². The minimum Gasteiger partial charge on any atom is -0.455 e. The Morgan fingerprint density at radius 3 is 2.40 bits per heavy atom. The molecule has 164 valence electrons. The summed E-state index contributed by atoms with van der Waals surface area (Å²) in [5.74, 6) is 0.403. The topological polar surface area (TPSA) is 75.7 Å². The molecule has 3 atom stereocenters. The van der Waals surface area contributed by atoms with E-state index in [1.165, 1.54) is 6.42 Å². The highest BCUT2D eigenvalue weighted by Gasteiger charge is 2.45. The van der Waals surface area contributed by atoms with Crippen LogP contribution in [0.1, 0.15) is 58.4 Å². The summed E-state index contributed by atoms with van der Waals surface area (Å²) in [5, 5.41) is 3.06. The lowest BCUT2D eigenvalue weighted by Crippen LogP contribution is -2.50. The van der Waals surface area contributed by atoms with Gasteiger partial charge in [0.1, 0.15) is 0 Å². The third-order valence-corrected chi connectivity index (χ3v) is 7.17. The summed E-state index contributed by atoms with van der Waals surface area (Å²) in [6.45, 7) is 6.69. The molecule has 6 heteroatoms. The fourth-order valence-corrected chi connectivity index (χ4v) is 4.87. The second-order valence-corrected chi connectivity index (χ2v) is 8.97. The molecule has 0 unspecified atom stereocenters. The van der Waals surface area contributed by atoms with Crippen LogP contribution in [-0.4, -0.2) is 48.4 Å². The number of likely N-dealkylation sites (tertiary alicyclic amines) is 1. The van der Waals surface area contributed by atoms with Crippen LogP contribution in [-0.2, 0) is 24.5 Å². The summed E-state index contributed by atoms with van der Waals surface area (Å²) in [7, 11) is 0. The van der Waals surface area contributed by atoms with Crippen LogP contribution in [0, 0.1) is 11.8 Å². The summed E-state index contributed by atoms with van der Waals surface area (Å²) in [6.07, 6.45) is 4.27. The van der Waals surface area contributed by atoms with Gasteiger partial charge >= 0.3 is 5.97 Å². The Bertz CT molecular complexity index is 756. The molecule has 1 saturated carbocycles. The minimum absolute atomic E-state index is 0.0141. The summed E-state index contributed by atoms with van der Waals surface area (Å²) in [6, 6.07) is 9.71. The SMILES string of the molecule is CC(=O)N1CCC(C(=O)OCC(=O)N[C@H]2CCC[C@@H](C)[C@H]2C)(c2ccccc2)CC1. The van der Waals surface area contributed by atoms with Gasteiger partial charge in [-0.15, -0.1) is 0 Å². The van der Waals surface area contributed by atoms with Gasteiger partial charge in [0.05, 0.1) is 5.41 Å². The standard InChI is InChI=1S/C24H34N2O4/c1-17-8-7-11-21(18(17)2)25-22(28)16-30-23(29)24(20-9-5-4-6-10-20)12-14-26(15-13-24)19(3)27/h4-6,9-10,17-18,21H,7-8,11-16H2,1-3H3,(H,25,28)/t17-,18-,21+/m1/s1. The molecule has 0 aromatic heterocycles. The van der Waals surface area contributed by atoms with E-state index in [4.69, 9.17) is 4.74 Å². The zero-order chi connectivity index (χ0) is 21.7. The van der Waals surface area contributed by atoms with Crippen molar-refractivity contribution < 1.29 is 19.1 Å². The molecule has 1 aliphatic carbocycles. The van der Waals surface area contributed by atoms with E-state index < -0.39 is 5.41 Å². The van der Waals surface area contributed by atoms with E-state index >= 15 is 0 Å². The maximum absolute atomic E-state index is 13.2. The van der Waals surface area contributed by atoms with E-state index in [0.717, 1.165) is 18.4 Å². The molecule has 1 saturated heterocycles. The van der Waals surface area contributed by atoms with Gasteiger partial charge in [0.2, 0.25) is 5.91 Å². The molecule has 30 heavy (non-hydrogen) atoms. The number of nitrogens with one attached hydrogen (secondary N) is 1. The first-order chi connectivity index (χ1) is 14.3. The molecular weight excluding hydrogens is 380 g/mol. The lowest BCUT2D eigenvalue weighted by atomic mass is 9.72. The summed E-state index contributed by atoms with van der Waals surface area (Å²) in [4.78, 5) is 39.2. The van der Waals surface area contributed by atoms with Gasteiger partial charge in [-0.3, -0.25) is 14.4 Å². The van der Waals surface area contributed by atoms with Crippen molar-refractivity contribution in [2.75, 3.05) is 19.7 Å². The average Bonchev–Trinajstić information content (AvgIpc) is 2.76. The Balaban J connectivity index is 1.64. The minimum atomic E-state index is -0.819. The first-order valence-electron chi connectivity index (χ1n) is 11.1. The number of carbonyl (C=O) groups is 3. The zero-order valence-corrected chi connectivity index (χ0v) is 18.4. The van der Waals surface area contributed by atoms with E-state index in [-0.39, 0.29) is 30.4 Å². The molecule has 1 aromatic rings. The van der Waals surface area contributed by atoms with Crippen molar-refractivity contribution in [3.8, 4) is 0 Å². The van der Waals surface area contributed by atoms with E-state index in [9.17, 15) is 14.4 Å². The van der Waals surface area contributed by atoms with Gasteiger partial charge in [-0.25, -0.2) is 0 Å². The van der Waals surface area contributed by atoms with E-state index in [2.05, 4.69) is 19.2 Å². The smallest absolute Gasteiger partial charge is 0.317 e. The molecule has 6 nitrogen and oxygen atoms in total. The van der Waals surface area contributed by atoms with Gasteiger partial charge < -0.3 is 15.0 Å². The number of ether oxygens (including phenoxy) is 1. The molecule has 1 N–H and O–H groups in total. The molecule has 2 fully saturated rings. The molecule has 1 aromatic carbocycles. The van der Waals surface area contributed by atoms with Crippen LogP contribution in [0.3, 0.4) is 0 Å². The Morgan fingerprint density at radius 2 is 1.77 bits per heavy atom. The molecule has 2 amide bonds. The van der Waals surface area contributed by atoms with Gasteiger partial charge in [-0.05, 0) is 36.7 Å².